The number of nitrogen functional groups attached to an aromatic ring is 1. The van der Waals surface area contributed by atoms with E-state index in [1.807, 2.05) is 20.8 Å². The molecular weight excluding hydrogens is 402 g/mol. The summed E-state index contributed by atoms with van der Waals surface area (Å²) in [5.41, 5.74) is 4.79. The van der Waals surface area contributed by atoms with Gasteiger partial charge in [0.15, 0.2) is 5.69 Å². The van der Waals surface area contributed by atoms with Gasteiger partial charge < -0.3 is 10.6 Å². The van der Waals surface area contributed by atoms with Crippen LogP contribution in [0, 0.1) is 23.0 Å². The molecule has 1 heterocycles. The van der Waals surface area contributed by atoms with Crippen molar-refractivity contribution >= 4 is 23.1 Å². The number of rotatable bonds is 9. The van der Waals surface area contributed by atoms with Crippen LogP contribution in [0.5, 0.6) is 0 Å². The van der Waals surface area contributed by atoms with Crippen molar-refractivity contribution in [1.29, 1.82) is 0 Å². The largest absolute Gasteiger partial charge is 0.383 e. The number of amides is 1. The molecule has 2 rings (SSSR count). The van der Waals surface area contributed by atoms with Crippen molar-refractivity contribution < 1.29 is 9.72 Å². The Hall–Kier alpha value is -3.43. The first-order valence-corrected chi connectivity index (χ1v) is 10.3. The first-order chi connectivity index (χ1) is 14.6. The van der Waals surface area contributed by atoms with Gasteiger partial charge in [-0.2, -0.15) is 0 Å². The maximum Gasteiger partial charge on any atom is 0.330 e. The summed E-state index contributed by atoms with van der Waals surface area (Å²) in [5, 5.41) is 11.3. The Bertz CT molecular complexity index is 1090. The van der Waals surface area contributed by atoms with Crippen LogP contribution in [-0.2, 0) is 6.54 Å². The fourth-order valence-corrected chi connectivity index (χ4v) is 3.28. The molecule has 1 aromatic heterocycles. The number of nitrogens with two attached hydrogens (primary N) is 1. The van der Waals surface area contributed by atoms with Gasteiger partial charge in [-0.1, -0.05) is 33.3 Å². The highest BCUT2D eigenvalue weighted by atomic mass is 16.6. The molecule has 10 heteroatoms. The first-order valence-electron chi connectivity index (χ1n) is 10.3. The molecule has 10 nitrogen and oxygen atoms in total. The third-order valence-electron chi connectivity index (χ3n) is 5.13. The van der Waals surface area contributed by atoms with E-state index in [2.05, 4.69) is 4.98 Å². The van der Waals surface area contributed by atoms with Crippen molar-refractivity contribution in [1.82, 2.24) is 9.55 Å². The highest BCUT2D eigenvalue weighted by Crippen LogP contribution is 2.26. The molecule has 1 amide bonds. The van der Waals surface area contributed by atoms with E-state index in [1.54, 1.807) is 0 Å². The van der Waals surface area contributed by atoms with Gasteiger partial charge in [0.05, 0.1) is 4.92 Å². The molecule has 3 N–H and O–H groups in total. The Morgan fingerprint density at radius 2 is 2.00 bits per heavy atom. The van der Waals surface area contributed by atoms with Crippen LogP contribution >= 0.6 is 0 Å². The van der Waals surface area contributed by atoms with Crippen molar-refractivity contribution in [2.75, 3.05) is 17.2 Å². The van der Waals surface area contributed by atoms with Gasteiger partial charge >= 0.3 is 5.69 Å². The van der Waals surface area contributed by atoms with Crippen molar-refractivity contribution in [3.05, 3.63) is 60.3 Å². The van der Waals surface area contributed by atoms with Crippen LogP contribution in [0.1, 0.15) is 56.0 Å². The highest BCUT2D eigenvalue weighted by molar-refractivity contribution is 6.08. The molecule has 0 aliphatic heterocycles. The lowest BCUT2D eigenvalue weighted by molar-refractivity contribution is -0.385. The van der Waals surface area contributed by atoms with E-state index in [1.165, 1.54) is 34.6 Å². The minimum absolute atomic E-state index is 0.0950. The SMILES string of the molecule is CCCCn1c(N)c(N(CCC(C)C)C(=O)c2cccc([N+](=O)[O-])c2C)c(=O)[nH]c1=O. The molecule has 0 saturated heterocycles. The predicted molar refractivity (Wildman–Crippen MR) is 120 cm³/mol. The van der Waals surface area contributed by atoms with Crippen molar-refractivity contribution in [3.63, 3.8) is 0 Å². The van der Waals surface area contributed by atoms with Crippen LogP contribution in [0.3, 0.4) is 0 Å². The molecule has 0 bridgehead atoms. The van der Waals surface area contributed by atoms with Crippen LogP contribution in [0.4, 0.5) is 17.2 Å². The van der Waals surface area contributed by atoms with Gasteiger partial charge in [-0.15, -0.1) is 0 Å². The van der Waals surface area contributed by atoms with Gasteiger partial charge in [0.2, 0.25) is 0 Å². The summed E-state index contributed by atoms with van der Waals surface area (Å²) in [6.07, 6.45) is 2.04. The third kappa shape index (κ3) is 5.19. The first kappa shape index (κ1) is 23.8. The summed E-state index contributed by atoms with van der Waals surface area (Å²) >= 11 is 0. The second-order valence-corrected chi connectivity index (χ2v) is 7.84. The Balaban J connectivity index is 2.67. The lowest BCUT2D eigenvalue weighted by Crippen LogP contribution is -2.42. The molecule has 31 heavy (non-hydrogen) atoms. The molecule has 0 aliphatic carbocycles. The number of hydrogen-bond donors (Lipinski definition) is 2. The van der Waals surface area contributed by atoms with E-state index < -0.39 is 22.1 Å². The van der Waals surface area contributed by atoms with Gasteiger partial charge in [0.25, 0.3) is 17.2 Å². The summed E-state index contributed by atoms with van der Waals surface area (Å²) in [5.74, 6) is -0.463. The molecule has 0 spiro atoms. The second-order valence-electron chi connectivity index (χ2n) is 7.84. The van der Waals surface area contributed by atoms with Crippen LogP contribution in [0.2, 0.25) is 0 Å². The number of unbranched alkanes of at least 4 members (excludes halogenated alkanes) is 1. The van der Waals surface area contributed by atoms with Gasteiger partial charge in [-0.3, -0.25) is 29.3 Å². The van der Waals surface area contributed by atoms with Gasteiger partial charge in [-0.25, -0.2) is 4.79 Å². The molecule has 0 saturated carbocycles. The summed E-state index contributed by atoms with van der Waals surface area (Å²) in [6, 6.07) is 4.22. The fourth-order valence-electron chi connectivity index (χ4n) is 3.28. The summed E-state index contributed by atoms with van der Waals surface area (Å²) in [4.78, 5) is 52.7. The van der Waals surface area contributed by atoms with Crippen LogP contribution in [-0.4, -0.2) is 26.9 Å². The van der Waals surface area contributed by atoms with E-state index in [9.17, 15) is 24.5 Å². The second kappa shape index (κ2) is 10.1. The van der Waals surface area contributed by atoms with E-state index in [0.29, 0.717) is 19.4 Å². The minimum atomic E-state index is -0.768. The number of nitro groups is 1. The van der Waals surface area contributed by atoms with Crippen LogP contribution in [0.15, 0.2) is 27.8 Å². The van der Waals surface area contributed by atoms with Crippen molar-refractivity contribution in [2.45, 2.75) is 53.5 Å². The third-order valence-corrected chi connectivity index (χ3v) is 5.13. The fraction of sp³-hybridized carbons (Fsp3) is 0.476. The van der Waals surface area contributed by atoms with Gasteiger partial charge in [-0.05, 0) is 31.7 Å². The lowest BCUT2D eigenvalue weighted by atomic mass is 10.0. The highest BCUT2D eigenvalue weighted by Gasteiger charge is 2.28. The molecular formula is C21H29N5O5. The number of nitrogens with zero attached hydrogens (tertiary/aromatic N) is 3. The zero-order chi connectivity index (χ0) is 23.3. The smallest absolute Gasteiger partial charge is 0.330 e. The average molecular weight is 431 g/mol. The number of aromatic amines is 1. The molecule has 0 aliphatic rings. The quantitative estimate of drug-likeness (QED) is 0.461. The van der Waals surface area contributed by atoms with Crippen molar-refractivity contribution in [2.24, 2.45) is 5.92 Å². The normalized spacial score (nSPS) is 11.0. The Labute approximate surface area is 179 Å². The molecule has 0 radical (unpaired) electrons. The number of hydrogen-bond acceptors (Lipinski definition) is 6. The topological polar surface area (TPSA) is 144 Å². The van der Waals surface area contributed by atoms with Gasteiger partial charge in [0, 0.05) is 30.3 Å². The lowest BCUT2D eigenvalue weighted by Gasteiger charge is -2.26. The Kier molecular flexibility index (Phi) is 7.73. The maximum absolute atomic E-state index is 13.5. The average Bonchev–Trinajstić information content (AvgIpc) is 2.69. The Morgan fingerprint density at radius 1 is 1.32 bits per heavy atom. The van der Waals surface area contributed by atoms with E-state index in [-0.39, 0.29) is 40.8 Å². The number of carbonyl (C=O) groups is 1. The number of nitrogens with one attached hydrogen (secondary N) is 1. The molecule has 1 aromatic carbocycles. The number of aromatic nitrogens is 2. The standard InChI is InChI=1S/C21H29N5O5/c1-5-6-11-25-18(22)17(19(27)23-21(25)29)24(12-10-13(2)3)20(28)15-8-7-9-16(14(15)4)26(30)31/h7-9,13H,5-6,10-12,22H2,1-4H3,(H,23,27,29). The molecule has 0 fully saturated rings. The molecule has 0 unspecified atom stereocenters. The number of nitro benzene ring substituents is 1. The van der Waals surface area contributed by atoms with E-state index in [4.69, 9.17) is 5.73 Å². The predicted octanol–water partition coefficient (Wildman–Crippen LogP) is 2.83. The number of H-pyrrole nitrogens is 1. The van der Waals surface area contributed by atoms with E-state index in [0.717, 1.165) is 6.42 Å². The molecule has 168 valence electrons. The minimum Gasteiger partial charge on any atom is -0.383 e. The van der Waals surface area contributed by atoms with Gasteiger partial charge in [0.1, 0.15) is 5.82 Å². The molecule has 0 atom stereocenters. The maximum atomic E-state index is 13.5. The van der Waals surface area contributed by atoms with E-state index >= 15 is 0 Å². The monoisotopic (exact) mass is 431 g/mol. The Morgan fingerprint density at radius 3 is 2.58 bits per heavy atom. The summed E-state index contributed by atoms with van der Waals surface area (Å²) in [7, 11) is 0. The molecule has 2 aromatic rings. The summed E-state index contributed by atoms with van der Waals surface area (Å²) in [6.45, 7) is 7.85. The number of carbonyl (C=O) groups excluding carboxylic acids is 1. The van der Waals surface area contributed by atoms with Crippen LogP contribution < -0.4 is 21.9 Å². The van der Waals surface area contributed by atoms with Crippen molar-refractivity contribution in [3.8, 4) is 0 Å². The van der Waals surface area contributed by atoms with Crippen LogP contribution in [0.25, 0.3) is 0 Å². The number of anilines is 2. The summed E-state index contributed by atoms with van der Waals surface area (Å²) < 4.78 is 1.25. The number of benzene rings is 1. The zero-order valence-corrected chi connectivity index (χ0v) is 18.3. The zero-order valence-electron chi connectivity index (χ0n) is 18.3.